The molecule has 4 fully saturated rings. The molecule has 5 rings (SSSR count). The molecule has 1 aromatic carbocycles. The molecule has 0 unspecified atom stereocenters. The summed E-state index contributed by atoms with van der Waals surface area (Å²) in [6.07, 6.45) is 1.25. The van der Waals surface area contributed by atoms with E-state index in [0.717, 1.165) is 90.5 Å². The number of carbonyl (C=O) groups is 3. The lowest BCUT2D eigenvalue weighted by atomic mass is 9.84. The van der Waals surface area contributed by atoms with E-state index in [9.17, 15) is 14.4 Å². The highest BCUT2D eigenvalue weighted by Gasteiger charge is 2.33. The van der Waals surface area contributed by atoms with Crippen LogP contribution in [-0.4, -0.2) is 107 Å². The first kappa shape index (κ1) is 30.5. The van der Waals surface area contributed by atoms with E-state index in [1.54, 1.807) is 12.1 Å². The van der Waals surface area contributed by atoms with E-state index >= 15 is 0 Å². The van der Waals surface area contributed by atoms with Crippen LogP contribution >= 0.6 is 0 Å². The van der Waals surface area contributed by atoms with Crippen molar-refractivity contribution < 1.29 is 19.2 Å². The molecule has 7 N–H and O–H groups in total. The molecule has 0 aliphatic carbocycles. The summed E-state index contributed by atoms with van der Waals surface area (Å²) >= 11 is 0. The molecule has 222 valence electrons. The summed E-state index contributed by atoms with van der Waals surface area (Å²) in [6.45, 7) is 13.5. The molecule has 4 aliphatic rings. The van der Waals surface area contributed by atoms with Crippen LogP contribution in [0.3, 0.4) is 0 Å². The second-order valence-corrected chi connectivity index (χ2v) is 11.2. The van der Waals surface area contributed by atoms with Gasteiger partial charge in [-0.1, -0.05) is 19.1 Å². The number of amides is 2. The number of imide groups is 1. The molecule has 40 heavy (non-hydrogen) atoms. The number of rotatable bonds is 6. The summed E-state index contributed by atoms with van der Waals surface area (Å²) in [5.41, 5.74) is 1.25. The van der Waals surface area contributed by atoms with Crippen LogP contribution in [0, 0.1) is 5.41 Å². The Morgan fingerprint density at radius 2 is 1.23 bits per heavy atom. The minimum Gasteiger partial charge on any atom is -0.325 e. The Balaban J connectivity index is 1.39. The largest absolute Gasteiger partial charge is 0.363 e. The summed E-state index contributed by atoms with van der Waals surface area (Å²) in [5, 5.41) is 26.4. The van der Waals surface area contributed by atoms with Crippen LogP contribution in [0.4, 0.5) is 0 Å². The summed E-state index contributed by atoms with van der Waals surface area (Å²) in [7, 11) is 0. The van der Waals surface area contributed by atoms with Crippen molar-refractivity contribution in [1.82, 2.24) is 42.3 Å². The Morgan fingerprint density at radius 1 is 0.775 bits per heavy atom. The van der Waals surface area contributed by atoms with Crippen LogP contribution in [-0.2, 0) is 21.0 Å². The number of carbonyl (C=O) groups excluding carboxylic acids is 3. The van der Waals surface area contributed by atoms with Crippen LogP contribution in [0.1, 0.15) is 42.1 Å². The summed E-state index contributed by atoms with van der Waals surface area (Å²) < 4.78 is 0. The maximum atomic E-state index is 12.5. The first-order chi connectivity index (χ1) is 19.4. The SMILES string of the molecule is CCC12CNCCNCC(NCc3ccc(C(=O)ON4C(=O)CCC4=O)cc3)(CNCCNC1)CNCCNC2. The van der Waals surface area contributed by atoms with Gasteiger partial charge in [-0.3, -0.25) is 9.59 Å². The van der Waals surface area contributed by atoms with Crippen LogP contribution in [0.15, 0.2) is 24.3 Å². The fourth-order valence-electron chi connectivity index (χ4n) is 5.35. The van der Waals surface area contributed by atoms with Gasteiger partial charge >= 0.3 is 5.97 Å². The van der Waals surface area contributed by atoms with Crippen molar-refractivity contribution in [2.24, 2.45) is 5.41 Å². The highest BCUT2D eigenvalue weighted by molar-refractivity contribution is 6.02. The number of hydrogen-bond donors (Lipinski definition) is 7. The van der Waals surface area contributed by atoms with Gasteiger partial charge in [0.15, 0.2) is 0 Å². The van der Waals surface area contributed by atoms with Crippen molar-refractivity contribution in [1.29, 1.82) is 0 Å². The molecular formula is C28H46N8O4. The van der Waals surface area contributed by atoms with Crippen molar-refractivity contribution in [3.63, 3.8) is 0 Å². The van der Waals surface area contributed by atoms with Gasteiger partial charge in [-0.05, 0) is 24.1 Å². The van der Waals surface area contributed by atoms with Crippen molar-refractivity contribution in [2.45, 2.75) is 38.3 Å². The molecule has 4 aliphatic heterocycles. The van der Waals surface area contributed by atoms with Crippen molar-refractivity contribution in [2.75, 3.05) is 78.5 Å². The Hall–Kier alpha value is -2.45. The van der Waals surface area contributed by atoms with Gasteiger partial charge in [-0.25, -0.2) is 4.79 Å². The summed E-state index contributed by atoms with van der Waals surface area (Å²) in [6, 6.07) is 7.06. The lowest BCUT2D eigenvalue weighted by molar-refractivity contribution is -0.172. The van der Waals surface area contributed by atoms with Gasteiger partial charge in [0.2, 0.25) is 0 Å². The zero-order valence-corrected chi connectivity index (χ0v) is 23.7. The van der Waals surface area contributed by atoms with Crippen molar-refractivity contribution in [3.05, 3.63) is 35.4 Å². The van der Waals surface area contributed by atoms with E-state index < -0.39 is 17.8 Å². The zero-order chi connectivity index (χ0) is 28.3. The molecule has 0 aromatic heterocycles. The Kier molecular flexibility index (Phi) is 11.4. The molecule has 0 radical (unpaired) electrons. The Bertz CT molecular complexity index is 929. The van der Waals surface area contributed by atoms with E-state index in [2.05, 4.69) is 44.1 Å². The van der Waals surface area contributed by atoms with Gasteiger partial charge in [0.05, 0.1) is 11.1 Å². The molecule has 0 spiro atoms. The standard InChI is InChI=1S/C28H46N8O4/c1-2-27-16-29-9-12-32-19-28(20-33-13-10-30-17-27,21-34-14-11-31-18-27)35-15-22-3-5-23(6-4-22)26(39)40-36-24(37)7-8-25(36)38/h3-6,29-35H,2,7-21H2,1H3. The van der Waals surface area contributed by atoms with Gasteiger partial charge in [-0.2, -0.15) is 0 Å². The van der Waals surface area contributed by atoms with Gasteiger partial charge in [0, 0.05) is 103 Å². The summed E-state index contributed by atoms with van der Waals surface area (Å²) in [5.74, 6) is -1.70. The van der Waals surface area contributed by atoms with Gasteiger partial charge in [0.1, 0.15) is 0 Å². The molecule has 2 amide bonds. The monoisotopic (exact) mass is 558 g/mol. The molecule has 0 atom stereocenters. The number of nitrogens with one attached hydrogen (secondary N) is 7. The van der Waals surface area contributed by atoms with E-state index in [-0.39, 0.29) is 29.4 Å². The van der Waals surface area contributed by atoms with E-state index in [1.165, 1.54) is 0 Å². The fourth-order valence-corrected chi connectivity index (χ4v) is 5.35. The van der Waals surface area contributed by atoms with E-state index in [1.807, 2.05) is 12.1 Å². The highest BCUT2D eigenvalue weighted by atomic mass is 16.7. The third-order valence-corrected chi connectivity index (χ3v) is 8.11. The second kappa shape index (κ2) is 15.0. The zero-order valence-electron chi connectivity index (χ0n) is 23.7. The van der Waals surface area contributed by atoms with Crippen molar-refractivity contribution >= 4 is 17.8 Å². The van der Waals surface area contributed by atoms with E-state index in [4.69, 9.17) is 4.84 Å². The average molecular weight is 559 g/mol. The average Bonchev–Trinajstić information content (AvgIpc) is 3.28. The normalized spacial score (nSPS) is 27.8. The maximum absolute atomic E-state index is 12.5. The van der Waals surface area contributed by atoms with Gasteiger partial charge in [-0.15, -0.1) is 5.06 Å². The van der Waals surface area contributed by atoms with Crippen molar-refractivity contribution in [3.8, 4) is 0 Å². The first-order valence-corrected chi connectivity index (χ1v) is 14.6. The molecule has 1 aromatic rings. The number of hydrogen-bond acceptors (Lipinski definition) is 11. The molecule has 12 nitrogen and oxygen atoms in total. The van der Waals surface area contributed by atoms with Crippen LogP contribution in [0.5, 0.6) is 0 Å². The number of nitrogens with zero attached hydrogens (tertiary/aromatic N) is 1. The van der Waals surface area contributed by atoms with Gasteiger partial charge in [0.25, 0.3) is 11.8 Å². The smallest absolute Gasteiger partial charge is 0.325 e. The third-order valence-electron chi connectivity index (χ3n) is 8.11. The highest BCUT2D eigenvalue weighted by Crippen LogP contribution is 2.19. The number of hydroxylamine groups is 2. The Morgan fingerprint density at radius 3 is 1.68 bits per heavy atom. The van der Waals surface area contributed by atoms with E-state index in [0.29, 0.717) is 11.6 Å². The lowest BCUT2D eigenvalue weighted by Gasteiger charge is -2.38. The molecule has 12 heteroatoms. The minimum absolute atomic E-state index is 0.0696. The molecule has 2 bridgehead atoms. The van der Waals surface area contributed by atoms with Crippen LogP contribution < -0.4 is 37.2 Å². The number of fused-ring (bicyclic) bond motifs is 15. The van der Waals surface area contributed by atoms with Gasteiger partial charge < -0.3 is 42.1 Å². The maximum Gasteiger partial charge on any atom is 0.363 e. The fraction of sp³-hybridized carbons (Fsp3) is 0.679. The lowest BCUT2D eigenvalue weighted by Crippen LogP contribution is -2.64. The summed E-state index contributed by atoms with van der Waals surface area (Å²) in [4.78, 5) is 41.0. The predicted octanol–water partition coefficient (Wildman–Crippen LogP) is -1.30. The molecular weight excluding hydrogens is 512 g/mol. The molecule has 0 saturated carbocycles. The second-order valence-electron chi connectivity index (χ2n) is 11.2. The molecule has 4 saturated heterocycles. The van der Waals surface area contributed by atoms with Crippen LogP contribution in [0.2, 0.25) is 0 Å². The molecule has 4 heterocycles. The quantitative estimate of drug-likeness (QED) is 0.209. The Labute approximate surface area is 237 Å². The van der Waals surface area contributed by atoms with Crippen LogP contribution in [0.25, 0.3) is 0 Å². The predicted molar refractivity (Wildman–Crippen MR) is 152 cm³/mol. The topological polar surface area (TPSA) is 148 Å². The minimum atomic E-state index is -0.719. The number of benzene rings is 1. The first-order valence-electron chi connectivity index (χ1n) is 14.6. The third kappa shape index (κ3) is 8.53.